The minimum atomic E-state index is -0.914. The molecular formula is C31H23BrN4O8S2. The normalized spacial score (nSPS) is 18.6. The molecule has 1 fully saturated rings. The zero-order valence-corrected chi connectivity index (χ0v) is 27.1. The summed E-state index contributed by atoms with van der Waals surface area (Å²) in [6, 6.07) is 18.6. The summed E-state index contributed by atoms with van der Waals surface area (Å²) < 4.78 is 7.09. The zero-order valence-electron chi connectivity index (χ0n) is 23.9. The average Bonchev–Trinajstić information content (AvgIpc) is 3.48. The van der Waals surface area contributed by atoms with Gasteiger partial charge in [-0.15, -0.1) is 0 Å². The molecule has 12 nitrogen and oxygen atoms in total. The molecule has 0 bridgehead atoms. The van der Waals surface area contributed by atoms with E-state index in [9.17, 15) is 34.1 Å². The van der Waals surface area contributed by atoms with Crippen LogP contribution < -0.4 is 15.1 Å². The molecule has 2 aliphatic heterocycles. The first-order valence-electron chi connectivity index (χ1n) is 13.9. The van der Waals surface area contributed by atoms with E-state index in [-0.39, 0.29) is 24.5 Å². The first kappa shape index (κ1) is 31.4. The predicted octanol–water partition coefficient (Wildman–Crippen LogP) is 5.19. The number of carbonyl (C=O) groups excluding carboxylic acids is 4. The lowest BCUT2D eigenvalue weighted by Gasteiger charge is -2.30. The van der Waals surface area contributed by atoms with Gasteiger partial charge in [-0.3, -0.25) is 33.9 Å². The highest BCUT2D eigenvalue weighted by molar-refractivity contribution is 9.10. The van der Waals surface area contributed by atoms with Crippen LogP contribution in [0.5, 0.6) is 0 Å². The van der Waals surface area contributed by atoms with Gasteiger partial charge in [-0.2, -0.15) is 0 Å². The Morgan fingerprint density at radius 3 is 2.28 bits per heavy atom. The number of thiazole rings is 1. The van der Waals surface area contributed by atoms with Crippen molar-refractivity contribution in [2.75, 3.05) is 16.8 Å². The first-order valence-corrected chi connectivity index (χ1v) is 16.4. The van der Waals surface area contributed by atoms with Gasteiger partial charge in [0.2, 0.25) is 17.7 Å². The topological polar surface area (TPSA) is 158 Å². The monoisotopic (exact) mass is 722 g/mol. The molecule has 1 aromatic heterocycles. The average molecular weight is 724 g/mol. The Morgan fingerprint density at radius 2 is 1.65 bits per heavy atom. The van der Waals surface area contributed by atoms with Crippen molar-refractivity contribution >= 4 is 79.8 Å². The third-order valence-electron chi connectivity index (χ3n) is 7.58. The Morgan fingerprint density at radius 1 is 0.978 bits per heavy atom. The number of nitro benzene ring substituents is 1. The molecule has 0 saturated carbocycles. The van der Waals surface area contributed by atoms with Crippen molar-refractivity contribution in [3.8, 4) is 0 Å². The largest absolute Gasteiger partial charge is 0.462 e. The van der Waals surface area contributed by atoms with Crippen LogP contribution in [0.25, 0.3) is 0 Å². The molecule has 0 aliphatic carbocycles. The summed E-state index contributed by atoms with van der Waals surface area (Å²) in [5.41, 5.74) is 1.48. The van der Waals surface area contributed by atoms with Gasteiger partial charge in [-0.05, 0) is 61.0 Å². The number of nitrogens with one attached hydrogen (secondary N) is 1. The van der Waals surface area contributed by atoms with E-state index in [1.54, 1.807) is 19.1 Å². The molecule has 46 heavy (non-hydrogen) atoms. The number of hydrogen-bond acceptors (Lipinski definition) is 10. The molecule has 0 spiro atoms. The maximum absolute atomic E-state index is 14.0. The van der Waals surface area contributed by atoms with E-state index in [1.165, 1.54) is 41.0 Å². The van der Waals surface area contributed by atoms with E-state index < -0.39 is 50.6 Å². The number of nitro groups is 1. The number of hydrogen-bond donors (Lipinski definition) is 1. The third-order valence-corrected chi connectivity index (χ3v) is 10.7. The minimum Gasteiger partial charge on any atom is -0.462 e. The van der Waals surface area contributed by atoms with Crippen LogP contribution in [0.1, 0.15) is 33.6 Å². The standard InChI is InChI=1S/C31H23BrN4O8S2/c1-2-44-30(40)17-5-9-19(10-6-17)33-22(37)15-34-29-26(46-31(34)41)23(16-3-7-18(32)8-4-16)24-25(45-29)28(39)35(27(24)38)20-11-13-21(14-12-20)36(42)43/h3-14,23-25H,2,15H2,1H3,(H,33,37). The highest BCUT2D eigenvalue weighted by Gasteiger charge is 2.56. The first-order chi connectivity index (χ1) is 22.1. The van der Waals surface area contributed by atoms with Crippen LogP contribution in [-0.2, 0) is 25.7 Å². The molecule has 3 aromatic carbocycles. The van der Waals surface area contributed by atoms with Gasteiger partial charge < -0.3 is 10.1 Å². The van der Waals surface area contributed by atoms with Crippen LogP contribution in [0, 0.1) is 16.0 Å². The van der Waals surface area contributed by atoms with E-state index in [0.717, 1.165) is 32.5 Å². The van der Waals surface area contributed by atoms with Gasteiger partial charge in [-0.1, -0.05) is 51.2 Å². The van der Waals surface area contributed by atoms with Crippen molar-refractivity contribution < 1.29 is 28.8 Å². The van der Waals surface area contributed by atoms with Gasteiger partial charge in [0.15, 0.2) is 0 Å². The number of nitrogens with zero attached hydrogens (tertiary/aromatic N) is 3. The van der Waals surface area contributed by atoms with E-state index in [0.29, 0.717) is 26.7 Å². The number of imide groups is 1. The third kappa shape index (κ3) is 5.76. The van der Waals surface area contributed by atoms with Gasteiger partial charge in [0.1, 0.15) is 11.8 Å². The Kier molecular flexibility index (Phi) is 8.63. The second-order valence-corrected chi connectivity index (χ2v) is 13.4. The smallest absolute Gasteiger partial charge is 0.338 e. The molecule has 2 aliphatic rings. The number of aromatic nitrogens is 1. The second-order valence-electron chi connectivity index (χ2n) is 10.3. The second kappa shape index (κ2) is 12.7. The van der Waals surface area contributed by atoms with E-state index in [4.69, 9.17) is 4.74 Å². The number of ether oxygens (including phenoxy) is 1. The number of fused-ring (bicyclic) bond motifs is 2. The maximum Gasteiger partial charge on any atom is 0.338 e. The lowest BCUT2D eigenvalue weighted by Crippen LogP contribution is -2.33. The number of carbonyl (C=O) groups is 4. The SMILES string of the molecule is CCOC(=O)c1ccc(NC(=O)Cn2c3c(sc2=O)C(c2ccc(Br)cc2)C2C(=O)N(c4ccc([N+](=O)[O-])cc4)C(=O)C2S3)cc1. The van der Waals surface area contributed by atoms with Gasteiger partial charge in [0, 0.05) is 33.1 Å². The minimum absolute atomic E-state index is 0.179. The molecule has 4 aromatic rings. The van der Waals surface area contributed by atoms with Crippen LogP contribution in [-0.4, -0.2) is 45.0 Å². The van der Waals surface area contributed by atoms with E-state index >= 15 is 0 Å². The van der Waals surface area contributed by atoms with Crippen LogP contribution in [0.2, 0.25) is 0 Å². The molecule has 3 heterocycles. The molecule has 6 rings (SSSR count). The molecule has 1 saturated heterocycles. The molecular weight excluding hydrogens is 700 g/mol. The highest BCUT2D eigenvalue weighted by Crippen LogP contribution is 2.54. The summed E-state index contributed by atoms with van der Waals surface area (Å²) in [5, 5.41) is 13.4. The molecule has 1 N–H and O–H groups in total. The summed E-state index contributed by atoms with van der Waals surface area (Å²) >= 11 is 5.41. The molecule has 15 heteroatoms. The molecule has 3 atom stereocenters. The summed E-state index contributed by atoms with van der Waals surface area (Å²) in [6.07, 6.45) is 0. The number of benzene rings is 3. The highest BCUT2D eigenvalue weighted by atomic mass is 79.9. The van der Waals surface area contributed by atoms with Crippen LogP contribution in [0.15, 0.2) is 87.1 Å². The van der Waals surface area contributed by atoms with Crippen molar-refractivity contribution in [1.82, 2.24) is 4.57 Å². The summed E-state index contributed by atoms with van der Waals surface area (Å²) in [4.78, 5) is 78.1. The number of anilines is 2. The Labute approximate surface area is 277 Å². The van der Waals surface area contributed by atoms with E-state index in [1.807, 2.05) is 24.3 Å². The Bertz CT molecular complexity index is 1940. The number of non-ortho nitro benzene ring substituents is 1. The quantitative estimate of drug-likeness (QED) is 0.112. The molecule has 3 unspecified atom stereocenters. The van der Waals surface area contributed by atoms with Crippen LogP contribution >= 0.6 is 39.0 Å². The lowest BCUT2D eigenvalue weighted by molar-refractivity contribution is -0.384. The van der Waals surface area contributed by atoms with Crippen molar-refractivity contribution in [3.05, 3.63) is 113 Å². The fourth-order valence-corrected chi connectivity index (χ4v) is 8.55. The summed E-state index contributed by atoms with van der Waals surface area (Å²) in [6.45, 7) is 1.58. The van der Waals surface area contributed by atoms with Gasteiger partial charge in [0.25, 0.3) is 5.69 Å². The fraction of sp³-hybridized carbons (Fsp3) is 0.194. The maximum atomic E-state index is 14.0. The van der Waals surface area contributed by atoms with Crippen LogP contribution in [0.4, 0.5) is 17.1 Å². The van der Waals surface area contributed by atoms with Crippen molar-refractivity contribution in [2.24, 2.45) is 5.92 Å². The number of rotatable bonds is 8. The predicted molar refractivity (Wildman–Crippen MR) is 174 cm³/mol. The molecule has 3 amide bonds. The van der Waals surface area contributed by atoms with Gasteiger partial charge in [0.05, 0.1) is 33.7 Å². The van der Waals surface area contributed by atoms with Crippen molar-refractivity contribution in [1.29, 1.82) is 0 Å². The molecule has 234 valence electrons. The van der Waals surface area contributed by atoms with Gasteiger partial charge in [-0.25, -0.2) is 9.69 Å². The van der Waals surface area contributed by atoms with Crippen molar-refractivity contribution in [3.63, 3.8) is 0 Å². The molecule has 0 radical (unpaired) electrons. The number of thioether (sulfide) groups is 1. The Hall–Kier alpha value is -4.60. The summed E-state index contributed by atoms with van der Waals surface area (Å²) in [7, 11) is 0. The number of amides is 3. The van der Waals surface area contributed by atoms with Gasteiger partial charge >= 0.3 is 10.8 Å². The summed E-state index contributed by atoms with van der Waals surface area (Å²) in [5.74, 6) is -3.51. The zero-order chi connectivity index (χ0) is 32.7. The van der Waals surface area contributed by atoms with Crippen LogP contribution in [0.3, 0.4) is 0 Å². The number of esters is 1. The Balaban J connectivity index is 1.33. The van der Waals surface area contributed by atoms with E-state index in [2.05, 4.69) is 21.2 Å². The number of halogens is 1. The van der Waals surface area contributed by atoms with Crippen molar-refractivity contribution in [2.45, 2.75) is 29.7 Å². The lowest BCUT2D eigenvalue weighted by atomic mass is 9.83. The fourth-order valence-electron chi connectivity index (χ4n) is 5.51.